The van der Waals surface area contributed by atoms with E-state index >= 15 is 0 Å². The predicted molar refractivity (Wildman–Crippen MR) is 53.8 cm³/mol. The number of alkyl halides is 2. The highest BCUT2D eigenvalue weighted by Crippen LogP contribution is 2.32. The van der Waals surface area contributed by atoms with Crippen LogP contribution in [0.5, 0.6) is 0 Å². The normalized spacial score (nSPS) is 11.5. The number of aromatic nitrogens is 2. The molecule has 6 heteroatoms. The summed E-state index contributed by atoms with van der Waals surface area (Å²) in [6.45, 7) is 0. The van der Waals surface area contributed by atoms with E-state index in [0.717, 1.165) is 0 Å². The number of hydrogen-bond donors (Lipinski definition) is 1. The van der Waals surface area contributed by atoms with E-state index in [-0.39, 0.29) is 15.3 Å². The quantitative estimate of drug-likeness (QED) is 0.843. The zero-order chi connectivity index (χ0) is 10.3. The first kappa shape index (κ1) is 9.86. The molecule has 0 saturated heterocycles. The molecule has 0 aliphatic carbocycles. The number of fused-ring (bicyclic) bond motifs is 1. The average Bonchev–Trinajstić information content (AvgIpc) is 2.46. The molecule has 0 fully saturated rings. The molecule has 1 aromatic heterocycles. The molecule has 2 rings (SSSR count). The summed E-state index contributed by atoms with van der Waals surface area (Å²) in [4.78, 5) is 6.63. The molecule has 0 unspecified atom stereocenters. The fraction of sp³-hybridized carbons (Fsp3) is 0.125. The number of nitrogens with one attached hydrogen (secondary N) is 1. The molecule has 0 atom stereocenters. The van der Waals surface area contributed by atoms with Crippen LogP contribution in [0, 0.1) is 0 Å². The number of benzene rings is 1. The molecule has 0 radical (unpaired) electrons. The van der Waals surface area contributed by atoms with Crippen LogP contribution in [0.1, 0.15) is 12.0 Å². The Morgan fingerprint density at radius 1 is 1.43 bits per heavy atom. The van der Waals surface area contributed by atoms with Gasteiger partial charge in [-0.15, -0.1) is 0 Å². The minimum atomic E-state index is -2.52. The molecule has 14 heavy (non-hydrogen) atoms. The van der Waals surface area contributed by atoms with Crippen LogP contribution in [0.3, 0.4) is 0 Å². The van der Waals surface area contributed by atoms with Crippen LogP contribution in [0.2, 0.25) is 5.28 Å². The van der Waals surface area contributed by atoms with Gasteiger partial charge in [-0.1, -0.05) is 0 Å². The van der Waals surface area contributed by atoms with Gasteiger partial charge in [0.2, 0.25) is 5.28 Å². The van der Waals surface area contributed by atoms with Gasteiger partial charge in [-0.2, -0.15) is 0 Å². The van der Waals surface area contributed by atoms with Gasteiger partial charge in [0.15, 0.2) is 0 Å². The van der Waals surface area contributed by atoms with E-state index in [9.17, 15) is 8.78 Å². The molecule has 0 saturated carbocycles. The monoisotopic (exact) mass is 280 g/mol. The molecule has 74 valence electrons. The standard InChI is InChI=1S/C8H4BrClF2N2/c9-5-3(7(11)12)1-2-4-6(5)14-8(10)13-4/h1-2,7H,(H,13,14). The first-order valence-electron chi connectivity index (χ1n) is 3.71. The Morgan fingerprint density at radius 3 is 2.79 bits per heavy atom. The molecule has 2 nitrogen and oxygen atoms in total. The number of hydrogen-bond acceptors (Lipinski definition) is 1. The third-order valence-corrected chi connectivity index (χ3v) is 2.84. The van der Waals surface area contributed by atoms with E-state index in [4.69, 9.17) is 11.6 Å². The van der Waals surface area contributed by atoms with Gasteiger partial charge in [0.25, 0.3) is 6.43 Å². The van der Waals surface area contributed by atoms with Crippen LogP contribution in [-0.4, -0.2) is 9.97 Å². The Kier molecular flexibility index (Phi) is 2.45. The van der Waals surface area contributed by atoms with E-state index in [2.05, 4.69) is 25.9 Å². The minimum Gasteiger partial charge on any atom is -0.329 e. The highest BCUT2D eigenvalue weighted by molar-refractivity contribution is 9.10. The van der Waals surface area contributed by atoms with Gasteiger partial charge < -0.3 is 4.98 Å². The van der Waals surface area contributed by atoms with Crippen LogP contribution in [0.15, 0.2) is 16.6 Å². The highest BCUT2D eigenvalue weighted by atomic mass is 79.9. The molecule has 0 bridgehead atoms. The van der Waals surface area contributed by atoms with Crippen molar-refractivity contribution in [3.63, 3.8) is 0 Å². The predicted octanol–water partition coefficient (Wildman–Crippen LogP) is 3.92. The summed E-state index contributed by atoms with van der Waals surface area (Å²) in [5.41, 5.74) is 0.972. The lowest BCUT2D eigenvalue weighted by Crippen LogP contribution is -1.86. The molecule has 0 spiro atoms. The Bertz CT molecular complexity index is 483. The van der Waals surface area contributed by atoms with Crippen molar-refractivity contribution < 1.29 is 8.78 Å². The zero-order valence-electron chi connectivity index (χ0n) is 6.69. The van der Waals surface area contributed by atoms with Crippen molar-refractivity contribution in [2.75, 3.05) is 0 Å². The lowest BCUT2D eigenvalue weighted by Gasteiger charge is -2.02. The maximum absolute atomic E-state index is 12.5. The largest absolute Gasteiger partial charge is 0.329 e. The highest BCUT2D eigenvalue weighted by Gasteiger charge is 2.15. The molecule has 0 aliphatic rings. The molecule has 0 amide bonds. The maximum atomic E-state index is 12.5. The van der Waals surface area contributed by atoms with Gasteiger partial charge in [-0.05, 0) is 39.7 Å². The van der Waals surface area contributed by atoms with Gasteiger partial charge >= 0.3 is 0 Å². The van der Waals surface area contributed by atoms with Crippen molar-refractivity contribution in [1.82, 2.24) is 9.97 Å². The third-order valence-electron chi connectivity index (χ3n) is 1.83. The maximum Gasteiger partial charge on any atom is 0.265 e. The molecule has 1 heterocycles. The number of halogens is 4. The van der Waals surface area contributed by atoms with Gasteiger partial charge in [0.05, 0.1) is 9.99 Å². The van der Waals surface area contributed by atoms with Crippen molar-refractivity contribution in [3.05, 3.63) is 27.5 Å². The minimum absolute atomic E-state index is 0.0827. The Hall–Kier alpha value is -0.680. The topological polar surface area (TPSA) is 28.7 Å². The summed E-state index contributed by atoms with van der Waals surface area (Å²) in [7, 11) is 0. The van der Waals surface area contributed by atoms with Crippen molar-refractivity contribution in [2.24, 2.45) is 0 Å². The van der Waals surface area contributed by atoms with Crippen molar-refractivity contribution in [3.8, 4) is 0 Å². The van der Waals surface area contributed by atoms with Crippen molar-refractivity contribution in [2.45, 2.75) is 6.43 Å². The van der Waals surface area contributed by atoms with E-state index in [1.165, 1.54) is 12.1 Å². The smallest absolute Gasteiger partial charge is 0.265 e. The summed E-state index contributed by atoms with van der Waals surface area (Å²) in [6.07, 6.45) is -2.52. The number of rotatable bonds is 1. The van der Waals surface area contributed by atoms with E-state index in [0.29, 0.717) is 11.0 Å². The summed E-state index contributed by atoms with van der Waals surface area (Å²) >= 11 is 8.69. The summed E-state index contributed by atoms with van der Waals surface area (Å²) in [5.74, 6) is 0. The number of H-pyrrole nitrogens is 1. The van der Waals surface area contributed by atoms with Crippen molar-refractivity contribution >= 4 is 38.6 Å². The van der Waals surface area contributed by atoms with Crippen LogP contribution in [0.25, 0.3) is 11.0 Å². The van der Waals surface area contributed by atoms with Gasteiger partial charge in [0, 0.05) is 5.56 Å². The molecular formula is C8H4BrClF2N2. The van der Waals surface area contributed by atoms with E-state index < -0.39 is 6.43 Å². The second-order valence-corrected chi connectivity index (χ2v) is 3.84. The lowest BCUT2D eigenvalue weighted by molar-refractivity contribution is 0.150. The Morgan fingerprint density at radius 2 is 2.14 bits per heavy atom. The van der Waals surface area contributed by atoms with Crippen LogP contribution in [0.4, 0.5) is 8.78 Å². The number of imidazole rings is 1. The second kappa shape index (κ2) is 3.47. The fourth-order valence-corrected chi connectivity index (χ4v) is 1.99. The van der Waals surface area contributed by atoms with Gasteiger partial charge in [-0.25, -0.2) is 13.8 Å². The Labute approximate surface area is 91.4 Å². The summed E-state index contributed by atoms with van der Waals surface area (Å²) < 4.78 is 25.2. The third kappa shape index (κ3) is 1.50. The summed E-state index contributed by atoms with van der Waals surface area (Å²) in [6, 6.07) is 2.87. The lowest BCUT2D eigenvalue weighted by atomic mass is 10.2. The van der Waals surface area contributed by atoms with Crippen LogP contribution < -0.4 is 0 Å². The zero-order valence-corrected chi connectivity index (χ0v) is 9.03. The molecule has 1 aromatic carbocycles. The second-order valence-electron chi connectivity index (χ2n) is 2.69. The summed E-state index contributed by atoms with van der Waals surface area (Å²) in [5, 5.41) is 0.187. The van der Waals surface area contributed by atoms with E-state index in [1.807, 2.05) is 0 Å². The average molecular weight is 281 g/mol. The van der Waals surface area contributed by atoms with Crippen molar-refractivity contribution in [1.29, 1.82) is 0 Å². The first-order chi connectivity index (χ1) is 6.59. The number of aromatic amines is 1. The SMILES string of the molecule is FC(F)c1ccc2[nH]c(Cl)nc2c1Br. The van der Waals surface area contributed by atoms with Crippen LogP contribution >= 0.6 is 27.5 Å². The van der Waals surface area contributed by atoms with Crippen LogP contribution in [-0.2, 0) is 0 Å². The molecular weight excluding hydrogens is 277 g/mol. The molecule has 2 aromatic rings. The van der Waals surface area contributed by atoms with Gasteiger partial charge in [-0.3, -0.25) is 0 Å². The number of nitrogens with zero attached hydrogens (tertiary/aromatic N) is 1. The van der Waals surface area contributed by atoms with Gasteiger partial charge in [0.1, 0.15) is 5.52 Å². The molecule has 1 N–H and O–H groups in total. The van der Waals surface area contributed by atoms with E-state index in [1.54, 1.807) is 0 Å². The first-order valence-corrected chi connectivity index (χ1v) is 4.88. The Balaban J connectivity index is 2.74. The fourth-order valence-electron chi connectivity index (χ4n) is 1.20. The molecule has 0 aliphatic heterocycles.